The molecule has 0 aliphatic carbocycles. The molecule has 0 saturated heterocycles. The van der Waals surface area contributed by atoms with Crippen molar-refractivity contribution in [1.29, 1.82) is 0 Å². The number of nitrogens with one attached hydrogen (secondary N) is 1. The van der Waals surface area contributed by atoms with Gasteiger partial charge >= 0.3 is 0 Å². The summed E-state index contributed by atoms with van der Waals surface area (Å²) in [7, 11) is 1.56. The molecular formula is C20H21F3N2O3. The molecule has 0 aromatic heterocycles. The highest BCUT2D eigenvalue weighted by molar-refractivity contribution is 5.91. The monoisotopic (exact) mass is 394 g/mol. The quantitative estimate of drug-likeness (QED) is 0.697. The average Bonchev–Trinajstić information content (AvgIpc) is 2.68. The van der Waals surface area contributed by atoms with E-state index in [-0.39, 0.29) is 18.9 Å². The van der Waals surface area contributed by atoms with Crippen LogP contribution < -0.4 is 10.1 Å². The first-order chi connectivity index (χ1) is 13.3. The molecule has 2 rings (SSSR count). The second kappa shape index (κ2) is 9.77. The van der Waals surface area contributed by atoms with E-state index in [1.165, 1.54) is 11.8 Å². The van der Waals surface area contributed by atoms with Crippen molar-refractivity contribution >= 4 is 17.5 Å². The summed E-state index contributed by atoms with van der Waals surface area (Å²) in [4.78, 5) is 25.3. The van der Waals surface area contributed by atoms with E-state index < -0.39 is 29.0 Å². The summed E-state index contributed by atoms with van der Waals surface area (Å²) in [6, 6.07) is 9.07. The summed E-state index contributed by atoms with van der Waals surface area (Å²) < 4.78 is 45.1. The van der Waals surface area contributed by atoms with Crippen LogP contribution in [0, 0.1) is 17.5 Å². The van der Waals surface area contributed by atoms with Gasteiger partial charge in [0.1, 0.15) is 5.75 Å². The van der Waals surface area contributed by atoms with E-state index in [0.717, 1.165) is 17.7 Å². The van der Waals surface area contributed by atoms with Gasteiger partial charge in [-0.05, 0) is 30.2 Å². The number of carbonyl (C=O) groups is 2. The van der Waals surface area contributed by atoms with Crippen molar-refractivity contribution in [2.24, 2.45) is 0 Å². The third-order valence-corrected chi connectivity index (χ3v) is 4.21. The molecule has 0 fully saturated rings. The van der Waals surface area contributed by atoms with Gasteiger partial charge in [0, 0.05) is 26.4 Å². The van der Waals surface area contributed by atoms with Crippen molar-refractivity contribution in [1.82, 2.24) is 4.90 Å². The predicted octanol–water partition coefficient (Wildman–Crippen LogP) is 3.53. The van der Waals surface area contributed by atoms with Gasteiger partial charge in [-0.1, -0.05) is 18.2 Å². The molecule has 0 radical (unpaired) electrons. The number of carbonyl (C=O) groups excluding carboxylic acids is 2. The zero-order chi connectivity index (χ0) is 20.7. The van der Waals surface area contributed by atoms with E-state index in [4.69, 9.17) is 4.74 Å². The number of halogens is 3. The minimum absolute atomic E-state index is 0.0988. The first-order valence-corrected chi connectivity index (χ1v) is 8.64. The van der Waals surface area contributed by atoms with Gasteiger partial charge in [-0.25, -0.2) is 13.2 Å². The Labute approximate surface area is 161 Å². The van der Waals surface area contributed by atoms with Crippen molar-refractivity contribution in [2.75, 3.05) is 25.5 Å². The zero-order valence-corrected chi connectivity index (χ0v) is 15.6. The van der Waals surface area contributed by atoms with Gasteiger partial charge in [0.05, 0.1) is 12.8 Å². The van der Waals surface area contributed by atoms with Crippen molar-refractivity contribution in [3.63, 3.8) is 0 Å². The molecule has 0 atom stereocenters. The minimum Gasteiger partial charge on any atom is -0.496 e. The number of amides is 2. The Morgan fingerprint density at radius 3 is 2.43 bits per heavy atom. The molecule has 8 heteroatoms. The Morgan fingerprint density at radius 1 is 1.04 bits per heavy atom. The molecule has 0 heterocycles. The van der Waals surface area contributed by atoms with E-state index in [2.05, 4.69) is 5.32 Å². The summed E-state index contributed by atoms with van der Waals surface area (Å²) in [5.74, 6) is -4.59. The molecule has 150 valence electrons. The largest absolute Gasteiger partial charge is 0.496 e. The minimum atomic E-state index is -1.65. The smallest absolute Gasteiger partial charge is 0.226 e. The van der Waals surface area contributed by atoms with Gasteiger partial charge in [0.2, 0.25) is 11.8 Å². The molecule has 28 heavy (non-hydrogen) atoms. The Morgan fingerprint density at radius 2 is 1.75 bits per heavy atom. The fourth-order valence-electron chi connectivity index (χ4n) is 2.66. The number of para-hydroxylation sites is 1. The van der Waals surface area contributed by atoms with Crippen molar-refractivity contribution < 1.29 is 27.5 Å². The van der Waals surface area contributed by atoms with E-state index in [1.54, 1.807) is 7.11 Å². The second-order valence-corrected chi connectivity index (χ2v) is 6.09. The van der Waals surface area contributed by atoms with Gasteiger partial charge in [0.25, 0.3) is 0 Å². The van der Waals surface area contributed by atoms with Gasteiger partial charge in [-0.2, -0.15) is 0 Å². The van der Waals surface area contributed by atoms with E-state index in [0.29, 0.717) is 18.7 Å². The topological polar surface area (TPSA) is 58.6 Å². The standard InChI is InChI=1S/C20H21F3N2O3/c1-13(26)25(11-9-14-5-3-4-6-17(14)28-2)12-10-18(27)24-16-8-7-15(21)19(22)20(16)23/h3-8H,9-12H2,1-2H3,(H,24,27). The Hall–Kier alpha value is -3.03. The third-order valence-electron chi connectivity index (χ3n) is 4.21. The van der Waals surface area contributed by atoms with Gasteiger partial charge in [-0.3, -0.25) is 9.59 Å². The first kappa shape index (κ1) is 21.3. The fraction of sp³-hybridized carbons (Fsp3) is 0.300. The van der Waals surface area contributed by atoms with Crippen molar-refractivity contribution in [2.45, 2.75) is 19.8 Å². The Kier molecular flexibility index (Phi) is 7.43. The Bertz CT molecular complexity index is 859. The van der Waals surface area contributed by atoms with Gasteiger partial charge in [-0.15, -0.1) is 0 Å². The van der Waals surface area contributed by atoms with E-state index in [1.807, 2.05) is 24.3 Å². The van der Waals surface area contributed by atoms with Crippen LogP contribution in [0.1, 0.15) is 18.9 Å². The predicted molar refractivity (Wildman–Crippen MR) is 98.5 cm³/mol. The van der Waals surface area contributed by atoms with Crippen LogP contribution in [0.15, 0.2) is 36.4 Å². The van der Waals surface area contributed by atoms with Crippen LogP contribution in [0.2, 0.25) is 0 Å². The zero-order valence-electron chi connectivity index (χ0n) is 15.6. The van der Waals surface area contributed by atoms with Crippen LogP contribution in [0.4, 0.5) is 18.9 Å². The van der Waals surface area contributed by atoms with Gasteiger partial charge in [0.15, 0.2) is 17.5 Å². The van der Waals surface area contributed by atoms with Crippen LogP contribution in [0.5, 0.6) is 5.75 Å². The third kappa shape index (κ3) is 5.48. The maximum Gasteiger partial charge on any atom is 0.226 e. The number of nitrogens with zero attached hydrogens (tertiary/aromatic N) is 1. The maximum atomic E-state index is 13.6. The highest BCUT2D eigenvalue weighted by Crippen LogP contribution is 2.20. The number of ether oxygens (including phenoxy) is 1. The lowest BCUT2D eigenvalue weighted by atomic mass is 10.1. The summed E-state index contributed by atoms with van der Waals surface area (Å²) in [6.45, 7) is 1.85. The average molecular weight is 394 g/mol. The molecule has 0 bridgehead atoms. The van der Waals surface area contributed by atoms with Crippen LogP contribution >= 0.6 is 0 Å². The summed E-state index contributed by atoms with van der Waals surface area (Å²) in [5, 5.41) is 2.19. The fourth-order valence-corrected chi connectivity index (χ4v) is 2.66. The summed E-state index contributed by atoms with van der Waals surface area (Å²) in [6.07, 6.45) is 0.410. The summed E-state index contributed by atoms with van der Waals surface area (Å²) >= 11 is 0. The van der Waals surface area contributed by atoms with Crippen LogP contribution in [0.25, 0.3) is 0 Å². The van der Waals surface area contributed by atoms with Crippen LogP contribution in [0.3, 0.4) is 0 Å². The molecule has 2 aromatic rings. The van der Waals surface area contributed by atoms with Crippen LogP contribution in [-0.2, 0) is 16.0 Å². The lowest BCUT2D eigenvalue weighted by Gasteiger charge is -2.21. The summed E-state index contributed by atoms with van der Waals surface area (Å²) in [5.41, 5.74) is 0.469. The highest BCUT2D eigenvalue weighted by Gasteiger charge is 2.17. The number of methoxy groups -OCH3 is 1. The molecule has 0 aliphatic rings. The SMILES string of the molecule is COc1ccccc1CCN(CCC(=O)Nc1ccc(F)c(F)c1F)C(C)=O. The molecule has 0 unspecified atom stereocenters. The number of hydrogen-bond acceptors (Lipinski definition) is 3. The maximum absolute atomic E-state index is 13.6. The second-order valence-electron chi connectivity index (χ2n) is 6.09. The van der Waals surface area contributed by atoms with Crippen molar-refractivity contribution in [3.8, 4) is 5.75 Å². The number of benzene rings is 2. The molecule has 5 nitrogen and oxygen atoms in total. The highest BCUT2D eigenvalue weighted by atomic mass is 19.2. The molecule has 2 aromatic carbocycles. The molecule has 0 aliphatic heterocycles. The van der Waals surface area contributed by atoms with Crippen molar-refractivity contribution in [3.05, 3.63) is 59.4 Å². The Balaban J connectivity index is 1.93. The first-order valence-electron chi connectivity index (χ1n) is 8.64. The lowest BCUT2D eigenvalue weighted by molar-refractivity contribution is -0.129. The van der Waals surface area contributed by atoms with E-state index >= 15 is 0 Å². The lowest BCUT2D eigenvalue weighted by Crippen LogP contribution is -2.33. The van der Waals surface area contributed by atoms with Crippen LogP contribution in [-0.4, -0.2) is 36.9 Å². The number of hydrogen-bond donors (Lipinski definition) is 1. The molecule has 2 amide bonds. The molecular weight excluding hydrogens is 373 g/mol. The normalized spacial score (nSPS) is 10.5. The van der Waals surface area contributed by atoms with E-state index in [9.17, 15) is 22.8 Å². The number of anilines is 1. The molecule has 0 saturated carbocycles. The number of rotatable bonds is 8. The van der Waals surface area contributed by atoms with Gasteiger partial charge < -0.3 is 15.0 Å². The molecule has 0 spiro atoms. The molecule has 1 N–H and O–H groups in total.